The van der Waals surface area contributed by atoms with Gasteiger partial charge in [-0.1, -0.05) is 73.4 Å². The number of hydrogen-bond donors (Lipinski definition) is 1. The molecule has 8 nitrogen and oxygen atoms in total. The molecular formula is C29H33Cl2N3O5S. The Balaban J connectivity index is 2.06. The minimum Gasteiger partial charge on any atom is -0.495 e. The van der Waals surface area contributed by atoms with Crippen LogP contribution in [0.3, 0.4) is 0 Å². The molecule has 3 aromatic carbocycles. The Morgan fingerprint density at radius 3 is 2.23 bits per heavy atom. The minimum absolute atomic E-state index is 0.00345. The Hall–Kier alpha value is -3.27. The molecule has 2 amide bonds. The van der Waals surface area contributed by atoms with Crippen molar-refractivity contribution in [3.63, 3.8) is 0 Å². The molecule has 1 unspecified atom stereocenters. The first-order valence-corrected chi connectivity index (χ1v) is 14.9. The van der Waals surface area contributed by atoms with Crippen molar-refractivity contribution in [2.24, 2.45) is 5.92 Å². The van der Waals surface area contributed by atoms with Gasteiger partial charge in [-0.2, -0.15) is 0 Å². The average Bonchev–Trinajstić information content (AvgIpc) is 2.94. The molecular weight excluding hydrogens is 573 g/mol. The van der Waals surface area contributed by atoms with Crippen LogP contribution in [0, 0.1) is 5.92 Å². The highest BCUT2D eigenvalue weighted by Crippen LogP contribution is 2.32. The van der Waals surface area contributed by atoms with E-state index in [0.717, 1.165) is 4.31 Å². The van der Waals surface area contributed by atoms with E-state index in [1.165, 1.54) is 24.1 Å². The van der Waals surface area contributed by atoms with E-state index in [2.05, 4.69) is 5.32 Å². The summed E-state index contributed by atoms with van der Waals surface area (Å²) in [4.78, 5) is 28.4. The van der Waals surface area contributed by atoms with Crippen molar-refractivity contribution in [2.45, 2.75) is 38.3 Å². The molecule has 214 valence electrons. The van der Waals surface area contributed by atoms with E-state index in [4.69, 9.17) is 27.9 Å². The second-order valence-corrected chi connectivity index (χ2v) is 12.3. The van der Waals surface area contributed by atoms with Crippen molar-refractivity contribution in [3.05, 3.63) is 88.4 Å². The lowest BCUT2D eigenvalue weighted by Crippen LogP contribution is -2.51. The van der Waals surface area contributed by atoms with E-state index in [0.29, 0.717) is 22.2 Å². The molecule has 1 N–H and O–H groups in total. The minimum atomic E-state index is -4.21. The molecule has 0 spiro atoms. The molecule has 40 heavy (non-hydrogen) atoms. The summed E-state index contributed by atoms with van der Waals surface area (Å²) in [6.45, 7) is 5.29. The van der Waals surface area contributed by atoms with Crippen LogP contribution in [0.25, 0.3) is 0 Å². The van der Waals surface area contributed by atoms with Crippen LogP contribution < -0.4 is 14.4 Å². The number of para-hydroxylation sites is 2. The fourth-order valence-corrected chi connectivity index (χ4v) is 5.85. The van der Waals surface area contributed by atoms with E-state index >= 15 is 0 Å². The Bertz CT molecular complexity index is 1430. The molecule has 0 saturated heterocycles. The Labute approximate surface area is 245 Å². The number of carbonyl (C=O) groups is 2. The molecule has 0 aliphatic rings. The summed E-state index contributed by atoms with van der Waals surface area (Å²) < 4.78 is 34.2. The maximum atomic E-state index is 14.0. The molecule has 0 radical (unpaired) electrons. The van der Waals surface area contributed by atoms with Crippen LogP contribution in [-0.4, -0.2) is 51.4 Å². The number of amides is 2. The Kier molecular flexibility index (Phi) is 10.8. The van der Waals surface area contributed by atoms with E-state index in [1.807, 2.05) is 13.8 Å². The maximum absolute atomic E-state index is 14.0. The topological polar surface area (TPSA) is 96.0 Å². The van der Waals surface area contributed by atoms with Gasteiger partial charge in [0, 0.05) is 23.1 Å². The van der Waals surface area contributed by atoms with Gasteiger partial charge < -0.3 is 15.0 Å². The van der Waals surface area contributed by atoms with Gasteiger partial charge in [0.2, 0.25) is 11.8 Å². The predicted octanol–water partition coefficient (Wildman–Crippen LogP) is 5.39. The van der Waals surface area contributed by atoms with Gasteiger partial charge in [-0.3, -0.25) is 13.9 Å². The average molecular weight is 607 g/mol. The van der Waals surface area contributed by atoms with Crippen LogP contribution in [0.5, 0.6) is 5.75 Å². The number of anilines is 1. The molecule has 3 aromatic rings. The molecule has 1 atom stereocenters. The van der Waals surface area contributed by atoms with E-state index in [9.17, 15) is 18.0 Å². The van der Waals surface area contributed by atoms with Crippen molar-refractivity contribution < 1.29 is 22.7 Å². The summed E-state index contributed by atoms with van der Waals surface area (Å²) in [6.07, 6.45) is 0. The predicted molar refractivity (Wildman–Crippen MR) is 158 cm³/mol. The standard InChI is InChI=1S/C29H33Cl2N3O5S/c1-20(2)17-32-29(36)21(3)33(18-22-14-15-23(30)16-25(22)31)28(35)19-34(26-12-8-9-13-27(26)39-4)40(37,38)24-10-6-5-7-11-24/h5-16,20-21H,17-19H2,1-4H3,(H,32,36). The van der Waals surface area contributed by atoms with Gasteiger partial charge in [0.15, 0.2) is 0 Å². The van der Waals surface area contributed by atoms with Gasteiger partial charge in [0.25, 0.3) is 10.0 Å². The maximum Gasteiger partial charge on any atom is 0.264 e. The zero-order chi connectivity index (χ0) is 29.4. The first kappa shape index (κ1) is 31.3. The van der Waals surface area contributed by atoms with Crippen LogP contribution in [-0.2, 0) is 26.2 Å². The summed E-state index contributed by atoms with van der Waals surface area (Å²) >= 11 is 12.5. The number of sulfonamides is 1. The van der Waals surface area contributed by atoms with Crippen molar-refractivity contribution in [1.29, 1.82) is 0 Å². The number of ether oxygens (including phenoxy) is 1. The van der Waals surface area contributed by atoms with E-state index in [1.54, 1.807) is 67.6 Å². The molecule has 0 aliphatic heterocycles. The molecule has 0 bridgehead atoms. The van der Waals surface area contributed by atoms with Crippen molar-refractivity contribution >= 4 is 50.7 Å². The number of benzene rings is 3. The number of carbonyl (C=O) groups excluding carboxylic acids is 2. The highest BCUT2D eigenvalue weighted by atomic mass is 35.5. The highest BCUT2D eigenvalue weighted by molar-refractivity contribution is 7.92. The van der Waals surface area contributed by atoms with Gasteiger partial charge in [0.1, 0.15) is 18.3 Å². The molecule has 0 aromatic heterocycles. The van der Waals surface area contributed by atoms with Gasteiger partial charge in [0.05, 0.1) is 17.7 Å². The van der Waals surface area contributed by atoms with Crippen LogP contribution in [0.4, 0.5) is 5.69 Å². The number of methoxy groups -OCH3 is 1. The first-order chi connectivity index (χ1) is 18.9. The lowest BCUT2D eigenvalue weighted by atomic mass is 10.1. The lowest BCUT2D eigenvalue weighted by molar-refractivity contribution is -0.139. The molecule has 0 heterocycles. The monoisotopic (exact) mass is 605 g/mol. The van der Waals surface area contributed by atoms with Crippen molar-refractivity contribution in [3.8, 4) is 5.75 Å². The third-order valence-corrected chi connectivity index (χ3v) is 8.53. The molecule has 3 rings (SSSR count). The number of nitrogens with one attached hydrogen (secondary N) is 1. The summed E-state index contributed by atoms with van der Waals surface area (Å²) in [5.41, 5.74) is 0.737. The van der Waals surface area contributed by atoms with Crippen LogP contribution in [0.15, 0.2) is 77.7 Å². The fourth-order valence-electron chi connectivity index (χ4n) is 3.94. The largest absolute Gasteiger partial charge is 0.495 e. The van der Waals surface area contributed by atoms with E-state index in [-0.39, 0.29) is 34.7 Å². The fraction of sp³-hybridized carbons (Fsp3) is 0.310. The number of nitrogens with zero attached hydrogens (tertiary/aromatic N) is 2. The van der Waals surface area contributed by atoms with Gasteiger partial charge >= 0.3 is 0 Å². The molecule has 0 fully saturated rings. The van der Waals surface area contributed by atoms with Gasteiger partial charge in [-0.05, 0) is 54.8 Å². The smallest absolute Gasteiger partial charge is 0.264 e. The zero-order valence-electron chi connectivity index (χ0n) is 22.8. The summed E-state index contributed by atoms with van der Waals surface area (Å²) in [5.74, 6) is -0.515. The second-order valence-electron chi connectivity index (χ2n) is 9.57. The Morgan fingerprint density at radius 1 is 0.950 bits per heavy atom. The third-order valence-electron chi connectivity index (χ3n) is 6.17. The second kappa shape index (κ2) is 13.9. The quantitative estimate of drug-likeness (QED) is 0.299. The third kappa shape index (κ3) is 7.68. The SMILES string of the molecule is COc1ccccc1N(CC(=O)N(Cc1ccc(Cl)cc1Cl)C(C)C(=O)NCC(C)C)S(=O)(=O)c1ccccc1. The zero-order valence-corrected chi connectivity index (χ0v) is 25.1. The normalized spacial score (nSPS) is 12.1. The summed E-state index contributed by atoms with van der Waals surface area (Å²) in [6, 6.07) is 18.3. The van der Waals surface area contributed by atoms with Crippen LogP contribution in [0.1, 0.15) is 26.3 Å². The van der Waals surface area contributed by atoms with Gasteiger partial charge in [-0.25, -0.2) is 8.42 Å². The molecule has 0 saturated carbocycles. The van der Waals surface area contributed by atoms with Crippen LogP contribution in [0.2, 0.25) is 10.0 Å². The number of halogens is 2. The van der Waals surface area contributed by atoms with Crippen molar-refractivity contribution in [1.82, 2.24) is 10.2 Å². The summed E-state index contributed by atoms with van der Waals surface area (Å²) in [5, 5.41) is 3.59. The highest BCUT2D eigenvalue weighted by Gasteiger charge is 2.34. The first-order valence-electron chi connectivity index (χ1n) is 12.7. The summed E-state index contributed by atoms with van der Waals surface area (Å²) in [7, 11) is -2.79. The Morgan fingerprint density at radius 2 is 1.60 bits per heavy atom. The van der Waals surface area contributed by atoms with Crippen LogP contribution >= 0.6 is 23.2 Å². The molecule has 11 heteroatoms. The van der Waals surface area contributed by atoms with E-state index < -0.39 is 28.5 Å². The molecule has 0 aliphatic carbocycles. The lowest BCUT2D eigenvalue weighted by Gasteiger charge is -2.32. The number of rotatable bonds is 12. The van der Waals surface area contributed by atoms with Crippen molar-refractivity contribution in [2.75, 3.05) is 24.5 Å². The number of hydrogen-bond acceptors (Lipinski definition) is 5. The van der Waals surface area contributed by atoms with Gasteiger partial charge in [-0.15, -0.1) is 0 Å².